The van der Waals surface area contributed by atoms with Gasteiger partial charge in [0, 0.05) is 18.6 Å². The summed E-state index contributed by atoms with van der Waals surface area (Å²) in [6, 6.07) is 1.55. The average molecular weight is 177 g/mol. The summed E-state index contributed by atoms with van der Waals surface area (Å²) in [5, 5.41) is 13.4. The van der Waals surface area contributed by atoms with Gasteiger partial charge in [-0.25, -0.2) is 9.78 Å². The van der Waals surface area contributed by atoms with Gasteiger partial charge in [-0.1, -0.05) is 0 Å². The van der Waals surface area contributed by atoms with Crippen molar-refractivity contribution in [2.45, 2.75) is 0 Å². The van der Waals surface area contributed by atoms with Crippen molar-refractivity contribution in [3.63, 3.8) is 0 Å². The molecule has 5 nitrogen and oxygen atoms in total. The Balaban J connectivity index is 2.70. The van der Waals surface area contributed by atoms with E-state index >= 15 is 0 Å². The number of carboxylic acid groups (broad SMARTS) is 1. The number of aromatic nitrogens is 3. The molecule has 66 valence electrons. The smallest absolute Gasteiger partial charge is 0.337 e. The van der Waals surface area contributed by atoms with E-state index in [0.29, 0.717) is 5.65 Å². The van der Waals surface area contributed by atoms with Crippen molar-refractivity contribution in [2.24, 2.45) is 7.05 Å². The van der Waals surface area contributed by atoms with Crippen molar-refractivity contribution in [1.29, 1.82) is 0 Å². The molecule has 2 heterocycles. The summed E-state index contributed by atoms with van der Waals surface area (Å²) in [4.78, 5) is 14.6. The van der Waals surface area contributed by atoms with Gasteiger partial charge in [0.1, 0.15) is 0 Å². The van der Waals surface area contributed by atoms with Gasteiger partial charge in [-0.3, -0.25) is 4.68 Å². The van der Waals surface area contributed by atoms with Gasteiger partial charge in [-0.05, 0) is 6.07 Å². The summed E-state index contributed by atoms with van der Waals surface area (Å²) in [6.45, 7) is 0. The highest BCUT2D eigenvalue weighted by atomic mass is 16.4. The molecule has 5 heteroatoms. The van der Waals surface area contributed by atoms with Crippen LogP contribution in [0.3, 0.4) is 0 Å². The maximum atomic E-state index is 10.6. The van der Waals surface area contributed by atoms with Crippen LogP contribution in [0, 0.1) is 0 Å². The van der Waals surface area contributed by atoms with E-state index in [9.17, 15) is 4.79 Å². The lowest BCUT2D eigenvalue weighted by Gasteiger charge is -1.94. The highest BCUT2D eigenvalue weighted by Gasteiger charge is 2.06. The van der Waals surface area contributed by atoms with Crippen molar-refractivity contribution >= 4 is 17.0 Å². The molecule has 0 aliphatic carbocycles. The Morgan fingerprint density at radius 2 is 2.31 bits per heavy atom. The summed E-state index contributed by atoms with van der Waals surface area (Å²) < 4.78 is 1.60. The monoisotopic (exact) mass is 177 g/mol. The van der Waals surface area contributed by atoms with Crippen LogP contribution >= 0.6 is 0 Å². The molecule has 0 fully saturated rings. The zero-order valence-corrected chi connectivity index (χ0v) is 6.93. The third kappa shape index (κ3) is 1.14. The summed E-state index contributed by atoms with van der Waals surface area (Å²) in [5.74, 6) is -0.974. The van der Waals surface area contributed by atoms with E-state index in [1.165, 1.54) is 6.20 Å². The number of fused-ring (bicyclic) bond motifs is 1. The largest absolute Gasteiger partial charge is 0.478 e. The van der Waals surface area contributed by atoms with Crippen LogP contribution in [0.5, 0.6) is 0 Å². The topological polar surface area (TPSA) is 68.0 Å². The predicted octanol–water partition coefficient (Wildman–Crippen LogP) is 0.666. The van der Waals surface area contributed by atoms with Gasteiger partial charge >= 0.3 is 5.97 Å². The highest BCUT2D eigenvalue weighted by molar-refractivity contribution is 5.91. The molecule has 2 aromatic rings. The molecule has 0 aliphatic heterocycles. The number of hydrogen-bond acceptors (Lipinski definition) is 3. The molecule has 0 amide bonds. The van der Waals surface area contributed by atoms with Gasteiger partial charge in [0.2, 0.25) is 0 Å². The van der Waals surface area contributed by atoms with Crippen molar-refractivity contribution in [3.05, 3.63) is 24.0 Å². The van der Waals surface area contributed by atoms with E-state index in [-0.39, 0.29) is 5.56 Å². The Kier molecular flexibility index (Phi) is 1.51. The number of aryl methyl sites for hydroxylation is 1. The van der Waals surface area contributed by atoms with E-state index in [2.05, 4.69) is 10.1 Å². The third-order valence-electron chi connectivity index (χ3n) is 1.82. The Morgan fingerprint density at radius 3 is 3.00 bits per heavy atom. The molecule has 2 aromatic heterocycles. The first-order valence-electron chi connectivity index (χ1n) is 3.69. The van der Waals surface area contributed by atoms with Crippen LogP contribution in [0.25, 0.3) is 11.0 Å². The minimum Gasteiger partial charge on any atom is -0.478 e. The standard InChI is InChI=1S/C8H7N3O2/c1-11-7-5(4-10-11)2-6(3-9-7)8(12)13/h2-4H,1H3,(H,12,13). The maximum Gasteiger partial charge on any atom is 0.337 e. The SMILES string of the molecule is Cn1ncc2cc(C(=O)O)cnc21. The first kappa shape index (κ1) is 7.72. The van der Waals surface area contributed by atoms with E-state index in [4.69, 9.17) is 5.11 Å². The molecule has 0 bridgehead atoms. The average Bonchev–Trinajstić information content (AvgIpc) is 2.47. The minimum absolute atomic E-state index is 0.181. The maximum absolute atomic E-state index is 10.6. The molecule has 0 saturated heterocycles. The van der Waals surface area contributed by atoms with E-state index in [1.54, 1.807) is 24.0 Å². The number of carbonyl (C=O) groups is 1. The Labute approximate surface area is 73.6 Å². The molecule has 0 spiro atoms. The van der Waals surface area contributed by atoms with Crippen LogP contribution in [0.1, 0.15) is 10.4 Å². The van der Waals surface area contributed by atoms with Crippen LogP contribution in [-0.2, 0) is 7.05 Å². The van der Waals surface area contributed by atoms with Gasteiger partial charge in [-0.15, -0.1) is 0 Å². The van der Waals surface area contributed by atoms with Crippen LogP contribution < -0.4 is 0 Å². The Morgan fingerprint density at radius 1 is 1.54 bits per heavy atom. The molecule has 13 heavy (non-hydrogen) atoms. The molecule has 0 saturated carbocycles. The molecular formula is C8H7N3O2. The lowest BCUT2D eigenvalue weighted by molar-refractivity contribution is 0.0696. The van der Waals surface area contributed by atoms with Gasteiger partial charge in [0.25, 0.3) is 0 Å². The summed E-state index contributed by atoms with van der Waals surface area (Å²) in [7, 11) is 1.76. The fourth-order valence-electron chi connectivity index (χ4n) is 1.16. The minimum atomic E-state index is -0.974. The number of aromatic carboxylic acids is 1. The van der Waals surface area contributed by atoms with Gasteiger partial charge < -0.3 is 5.11 Å². The van der Waals surface area contributed by atoms with Crippen molar-refractivity contribution in [3.8, 4) is 0 Å². The zero-order valence-electron chi connectivity index (χ0n) is 6.93. The number of pyridine rings is 1. The fraction of sp³-hybridized carbons (Fsp3) is 0.125. The second-order valence-corrected chi connectivity index (χ2v) is 2.71. The third-order valence-corrected chi connectivity index (χ3v) is 1.82. The molecule has 0 unspecified atom stereocenters. The summed E-state index contributed by atoms with van der Waals surface area (Å²) in [5.41, 5.74) is 0.866. The lowest BCUT2D eigenvalue weighted by Crippen LogP contribution is -1.98. The van der Waals surface area contributed by atoms with Crippen LogP contribution in [-0.4, -0.2) is 25.8 Å². The molecule has 0 aliphatic rings. The van der Waals surface area contributed by atoms with E-state index in [1.807, 2.05) is 0 Å². The second kappa shape index (κ2) is 2.55. The normalized spacial score (nSPS) is 10.5. The van der Waals surface area contributed by atoms with Crippen LogP contribution in [0.15, 0.2) is 18.5 Å². The van der Waals surface area contributed by atoms with Gasteiger partial charge in [-0.2, -0.15) is 5.10 Å². The van der Waals surface area contributed by atoms with Crippen LogP contribution in [0.4, 0.5) is 0 Å². The van der Waals surface area contributed by atoms with Crippen molar-refractivity contribution in [1.82, 2.24) is 14.8 Å². The van der Waals surface area contributed by atoms with Crippen molar-refractivity contribution < 1.29 is 9.90 Å². The van der Waals surface area contributed by atoms with Gasteiger partial charge in [0.15, 0.2) is 5.65 Å². The van der Waals surface area contributed by atoms with E-state index < -0.39 is 5.97 Å². The molecule has 0 radical (unpaired) electrons. The van der Waals surface area contributed by atoms with Crippen molar-refractivity contribution in [2.75, 3.05) is 0 Å². The number of nitrogens with zero attached hydrogens (tertiary/aromatic N) is 3. The summed E-state index contributed by atoms with van der Waals surface area (Å²) in [6.07, 6.45) is 2.92. The predicted molar refractivity (Wildman–Crippen MR) is 45.5 cm³/mol. The molecule has 1 N–H and O–H groups in total. The zero-order chi connectivity index (χ0) is 9.42. The second-order valence-electron chi connectivity index (χ2n) is 2.71. The molecule has 0 atom stereocenters. The number of rotatable bonds is 1. The van der Waals surface area contributed by atoms with Gasteiger partial charge in [0.05, 0.1) is 11.8 Å². The van der Waals surface area contributed by atoms with E-state index in [0.717, 1.165) is 5.39 Å². The highest BCUT2D eigenvalue weighted by Crippen LogP contribution is 2.11. The summed E-state index contributed by atoms with van der Waals surface area (Å²) >= 11 is 0. The number of hydrogen-bond donors (Lipinski definition) is 1. The molecule has 0 aromatic carbocycles. The number of carboxylic acids is 1. The Bertz CT molecular complexity index is 475. The quantitative estimate of drug-likeness (QED) is 0.695. The van der Waals surface area contributed by atoms with Crippen LogP contribution in [0.2, 0.25) is 0 Å². The first-order valence-corrected chi connectivity index (χ1v) is 3.69. The fourth-order valence-corrected chi connectivity index (χ4v) is 1.16. The lowest BCUT2D eigenvalue weighted by atomic mass is 10.2. The Hall–Kier alpha value is -1.91. The first-order chi connectivity index (χ1) is 6.18. The molecular weight excluding hydrogens is 170 g/mol. The molecule has 2 rings (SSSR count).